The summed E-state index contributed by atoms with van der Waals surface area (Å²) in [5, 5.41) is 9.01. The molecule has 0 bridgehead atoms. The number of ether oxygens (including phenoxy) is 2. The molecule has 1 atom stereocenters. The van der Waals surface area contributed by atoms with E-state index in [2.05, 4.69) is 11.0 Å². The van der Waals surface area contributed by atoms with Gasteiger partial charge in [-0.3, -0.25) is 9.69 Å². The van der Waals surface area contributed by atoms with Gasteiger partial charge >= 0.3 is 5.97 Å². The number of piperidine rings is 1. The SMILES string of the molecule is COC(=O)[C@H]1CCCN(Cc2cc(C#N)ccc2OC)C1. The lowest BCUT2D eigenvalue weighted by Crippen LogP contribution is -2.38. The number of hydrogen-bond acceptors (Lipinski definition) is 5. The van der Waals surface area contributed by atoms with Crippen molar-refractivity contribution >= 4 is 5.97 Å². The highest BCUT2D eigenvalue weighted by molar-refractivity contribution is 5.72. The van der Waals surface area contributed by atoms with Gasteiger partial charge in [-0.1, -0.05) is 0 Å². The second-order valence-corrected chi connectivity index (χ2v) is 5.24. The van der Waals surface area contributed by atoms with Crippen molar-refractivity contribution in [2.45, 2.75) is 19.4 Å². The number of rotatable bonds is 4. The van der Waals surface area contributed by atoms with Crippen LogP contribution in [0.1, 0.15) is 24.0 Å². The number of benzene rings is 1. The lowest BCUT2D eigenvalue weighted by atomic mass is 9.97. The van der Waals surface area contributed by atoms with Crippen LogP contribution in [0.4, 0.5) is 0 Å². The Kier molecular flexibility index (Phi) is 5.18. The summed E-state index contributed by atoms with van der Waals surface area (Å²) in [7, 11) is 3.05. The van der Waals surface area contributed by atoms with E-state index in [1.807, 2.05) is 12.1 Å². The molecule has 1 aromatic rings. The number of methoxy groups -OCH3 is 2. The quantitative estimate of drug-likeness (QED) is 0.792. The summed E-state index contributed by atoms with van der Waals surface area (Å²) in [5.41, 5.74) is 1.59. The molecule has 0 spiro atoms. The molecule has 1 aromatic carbocycles. The highest BCUT2D eigenvalue weighted by atomic mass is 16.5. The van der Waals surface area contributed by atoms with Crippen molar-refractivity contribution in [3.63, 3.8) is 0 Å². The molecular weight excluding hydrogens is 268 g/mol. The summed E-state index contributed by atoms with van der Waals surface area (Å²) in [6.07, 6.45) is 1.85. The van der Waals surface area contributed by atoms with Gasteiger partial charge in [0.25, 0.3) is 0 Å². The van der Waals surface area contributed by atoms with Crippen LogP contribution in [0, 0.1) is 17.2 Å². The highest BCUT2D eigenvalue weighted by Gasteiger charge is 2.26. The molecule has 0 saturated carbocycles. The van der Waals surface area contributed by atoms with E-state index in [0.717, 1.165) is 30.7 Å². The molecule has 1 fully saturated rings. The van der Waals surface area contributed by atoms with Gasteiger partial charge in [0.15, 0.2) is 0 Å². The first-order chi connectivity index (χ1) is 10.2. The van der Waals surface area contributed by atoms with Crippen molar-refractivity contribution < 1.29 is 14.3 Å². The molecular formula is C16H20N2O3. The Balaban J connectivity index is 2.10. The largest absolute Gasteiger partial charge is 0.496 e. The Hall–Kier alpha value is -2.06. The minimum atomic E-state index is -0.141. The second kappa shape index (κ2) is 7.09. The normalized spacial score (nSPS) is 18.8. The summed E-state index contributed by atoms with van der Waals surface area (Å²) in [5.74, 6) is 0.570. The summed E-state index contributed by atoms with van der Waals surface area (Å²) in [4.78, 5) is 13.9. The lowest BCUT2D eigenvalue weighted by molar-refractivity contribution is -0.147. The van der Waals surface area contributed by atoms with Gasteiger partial charge in [0.2, 0.25) is 0 Å². The molecule has 0 N–H and O–H groups in total. The third-order valence-electron chi connectivity index (χ3n) is 3.84. The fourth-order valence-electron chi connectivity index (χ4n) is 2.77. The summed E-state index contributed by atoms with van der Waals surface area (Å²) in [6.45, 7) is 2.30. The topological polar surface area (TPSA) is 62.6 Å². The van der Waals surface area contributed by atoms with E-state index >= 15 is 0 Å². The van der Waals surface area contributed by atoms with Crippen molar-refractivity contribution in [2.24, 2.45) is 5.92 Å². The number of hydrogen-bond donors (Lipinski definition) is 0. The molecule has 1 saturated heterocycles. The van der Waals surface area contributed by atoms with Gasteiger partial charge < -0.3 is 9.47 Å². The molecule has 1 aliphatic heterocycles. The molecule has 0 aliphatic carbocycles. The van der Waals surface area contributed by atoms with Crippen LogP contribution in [0.3, 0.4) is 0 Å². The minimum Gasteiger partial charge on any atom is -0.496 e. The second-order valence-electron chi connectivity index (χ2n) is 5.24. The van der Waals surface area contributed by atoms with Crippen LogP contribution in [0.15, 0.2) is 18.2 Å². The Bertz CT molecular complexity index is 551. The van der Waals surface area contributed by atoms with Crippen LogP contribution in [0.2, 0.25) is 0 Å². The maximum Gasteiger partial charge on any atom is 0.309 e. The van der Waals surface area contributed by atoms with Crippen molar-refractivity contribution in [3.05, 3.63) is 29.3 Å². The van der Waals surface area contributed by atoms with Crippen LogP contribution < -0.4 is 4.74 Å². The van der Waals surface area contributed by atoms with Crippen LogP contribution in [-0.2, 0) is 16.1 Å². The third kappa shape index (κ3) is 3.73. The fourth-order valence-corrected chi connectivity index (χ4v) is 2.77. The van der Waals surface area contributed by atoms with Crippen molar-refractivity contribution in [1.29, 1.82) is 5.26 Å². The van der Waals surface area contributed by atoms with E-state index in [1.165, 1.54) is 7.11 Å². The van der Waals surface area contributed by atoms with Crippen molar-refractivity contribution in [3.8, 4) is 11.8 Å². The number of nitriles is 1. The van der Waals surface area contributed by atoms with Gasteiger partial charge in [-0.05, 0) is 37.6 Å². The zero-order chi connectivity index (χ0) is 15.2. The van der Waals surface area contributed by atoms with E-state index in [9.17, 15) is 4.79 Å². The molecule has 112 valence electrons. The number of esters is 1. The van der Waals surface area contributed by atoms with E-state index in [1.54, 1.807) is 13.2 Å². The van der Waals surface area contributed by atoms with Crippen LogP contribution in [0.25, 0.3) is 0 Å². The van der Waals surface area contributed by atoms with Crippen molar-refractivity contribution in [1.82, 2.24) is 4.90 Å². The molecule has 2 rings (SSSR count). The smallest absolute Gasteiger partial charge is 0.309 e. The molecule has 5 heteroatoms. The van der Waals surface area contributed by atoms with Gasteiger partial charge in [0, 0.05) is 18.7 Å². The number of carbonyl (C=O) groups is 1. The Morgan fingerprint density at radius 2 is 2.29 bits per heavy atom. The molecule has 1 heterocycles. The van der Waals surface area contributed by atoms with E-state index in [-0.39, 0.29) is 11.9 Å². The first-order valence-corrected chi connectivity index (χ1v) is 7.05. The fraction of sp³-hybridized carbons (Fsp3) is 0.500. The Morgan fingerprint density at radius 3 is 2.95 bits per heavy atom. The van der Waals surface area contributed by atoms with Crippen LogP contribution in [0.5, 0.6) is 5.75 Å². The van der Waals surface area contributed by atoms with Crippen LogP contribution in [-0.4, -0.2) is 38.2 Å². The lowest BCUT2D eigenvalue weighted by Gasteiger charge is -2.31. The van der Waals surface area contributed by atoms with Gasteiger partial charge in [-0.15, -0.1) is 0 Å². The molecule has 5 nitrogen and oxygen atoms in total. The first-order valence-electron chi connectivity index (χ1n) is 7.05. The predicted molar refractivity (Wildman–Crippen MR) is 77.7 cm³/mol. The molecule has 0 radical (unpaired) electrons. The van der Waals surface area contributed by atoms with Gasteiger partial charge in [-0.2, -0.15) is 5.26 Å². The number of nitrogens with zero attached hydrogens (tertiary/aromatic N) is 2. The summed E-state index contributed by atoms with van der Waals surface area (Å²) >= 11 is 0. The first kappa shape index (κ1) is 15.3. The maximum absolute atomic E-state index is 11.7. The van der Waals surface area contributed by atoms with Gasteiger partial charge in [-0.25, -0.2) is 0 Å². The van der Waals surface area contributed by atoms with Gasteiger partial charge in [0.05, 0.1) is 31.8 Å². The average Bonchev–Trinajstić information content (AvgIpc) is 2.54. The molecule has 0 amide bonds. The summed E-state index contributed by atoms with van der Waals surface area (Å²) < 4.78 is 10.2. The molecule has 21 heavy (non-hydrogen) atoms. The average molecular weight is 288 g/mol. The Morgan fingerprint density at radius 1 is 1.48 bits per heavy atom. The zero-order valence-electron chi connectivity index (χ0n) is 12.5. The van der Waals surface area contributed by atoms with E-state index in [4.69, 9.17) is 14.7 Å². The predicted octanol–water partition coefficient (Wildman–Crippen LogP) is 1.95. The third-order valence-corrected chi connectivity index (χ3v) is 3.84. The van der Waals surface area contributed by atoms with E-state index in [0.29, 0.717) is 18.7 Å². The minimum absolute atomic E-state index is 0.0612. The summed E-state index contributed by atoms with van der Waals surface area (Å²) in [6, 6.07) is 7.55. The van der Waals surface area contributed by atoms with Crippen molar-refractivity contribution in [2.75, 3.05) is 27.3 Å². The maximum atomic E-state index is 11.7. The van der Waals surface area contributed by atoms with E-state index < -0.39 is 0 Å². The Labute approximate surface area is 125 Å². The number of carbonyl (C=O) groups excluding carboxylic acids is 1. The van der Waals surface area contributed by atoms with Gasteiger partial charge in [0.1, 0.15) is 5.75 Å². The zero-order valence-corrected chi connectivity index (χ0v) is 12.5. The van der Waals surface area contributed by atoms with Crippen LogP contribution >= 0.6 is 0 Å². The molecule has 0 unspecified atom stereocenters. The highest BCUT2D eigenvalue weighted by Crippen LogP contribution is 2.25. The standard InChI is InChI=1S/C16H20N2O3/c1-20-15-6-5-12(9-17)8-14(15)11-18-7-3-4-13(10-18)16(19)21-2/h5-6,8,13H,3-4,7,10-11H2,1-2H3/t13-/m0/s1. The molecule has 0 aromatic heterocycles. The number of likely N-dealkylation sites (tertiary alicyclic amines) is 1. The monoisotopic (exact) mass is 288 g/mol. The molecule has 1 aliphatic rings.